The second kappa shape index (κ2) is 3.36. The Morgan fingerprint density at radius 3 is 3.08 bits per heavy atom. The zero-order valence-electron chi connectivity index (χ0n) is 6.84. The Bertz CT molecular complexity index is 307. The van der Waals surface area contributed by atoms with Crippen LogP contribution in [-0.2, 0) is 0 Å². The molecule has 0 bridgehead atoms. The second-order valence-electron chi connectivity index (χ2n) is 2.57. The molecule has 0 aliphatic carbocycles. The lowest BCUT2D eigenvalue weighted by molar-refractivity contribution is 0.480. The third-order valence-electron chi connectivity index (χ3n) is 1.80. The summed E-state index contributed by atoms with van der Waals surface area (Å²) in [6.45, 7) is 0.396. The van der Waals surface area contributed by atoms with Crippen molar-refractivity contribution in [2.24, 2.45) is 5.73 Å². The van der Waals surface area contributed by atoms with Gasteiger partial charge in [0.15, 0.2) is 5.82 Å². The van der Waals surface area contributed by atoms with Gasteiger partial charge in [0.25, 0.3) is 0 Å². The van der Waals surface area contributed by atoms with Crippen LogP contribution in [0.25, 0.3) is 0 Å². The number of rotatable bonds is 3. The predicted octanol–water partition coefficient (Wildman–Crippen LogP) is -0.117. The van der Waals surface area contributed by atoms with Crippen molar-refractivity contribution in [1.29, 1.82) is 0 Å². The molecule has 3 N–H and O–H groups in total. The molecule has 0 saturated carbocycles. The highest BCUT2D eigenvalue weighted by molar-refractivity contribution is 5.14. The second-order valence-corrected chi connectivity index (χ2v) is 2.57. The van der Waals surface area contributed by atoms with Crippen molar-refractivity contribution < 1.29 is 4.42 Å². The van der Waals surface area contributed by atoms with E-state index >= 15 is 0 Å². The van der Waals surface area contributed by atoms with Gasteiger partial charge in [-0.05, 0) is 12.1 Å². The number of nitrogens with zero attached hydrogens (tertiary/aromatic N) is 3. The Morgan fingerprint density at radius 2 is 2.54 bits per heavy atom. The van der Waals surface area contributed by atoms with E-state index in [1.807, 2.05) is 6.07 Å². The van der Waals surface area contributed by atoms with Crippen LogP contribution >= 0.6 is 0 Å². The highest BCUT2D eigenvalue weighted by Crippen LogP contribution is 2.19. The Morgan fingerprint density at radius 1 is 1.62 bits per heavy atom. The molecule has 68 valence electrons. The summed E-state index contributed by atoms with van der Waals surface area (Å²) in [5.41, 5.74) is 5.57. The molecule has 0 fully saturated rings. The number of nitrogens with two attached hydrogens (primary N) is 1. The quantitative estimate of drug-likeness (QED) is 0.685. The number of hydrogen-bond donors (Lipinski definition) is 2. The largest absolute Gasteiger partial charge is 0.469 e. The van der Waals surface area contributed by atoms with Crippen molar-refractivity contribution in [3.63, 3.8) is 0 Å². The van der Waals surface area contributed by atoms with Crippen LogP contribution < -0.4 is 5.73 Å². The minimum absolute atomic E-state index is 0.117. The molecule has 0 amide bonds. The van der Waals surface area contributed by atoms with Gasteiger partial charge in [0.2, 0.25) is 0 Å². The fraction of sp³-hybridized carbons (Fsp3) is 0.286. The number of hydrogen-bond acceptors (Lipinski definition) is 5. The molecular weight excluding hydrogens is 170 g/mol. The Labute approximate surface area is 74.1 Å². The number of tetrazole rings is 1. The Hall–Kier alpha value is -1.69. The molecule has 0 aromatic carbocycles. The fourth-order valence-corrected chi connectivity index (χ4v) is 1.16. The van der Waals surface area contributed by atoms with Crippen LogP contribution in [0.5, 0.6) is 0 Å². The topological polar surface area (TPSA) is 93.6 Å². The summed E-state index contributed by atoms with van der Waals surface area (Å²) in [5.74, 6) is 1.19. The summed E-state index contributed by atoms with van der Waals surface area (Å²) >= 11 is 0. The summed E-state index contributed by atoms with van der Waals surface area (Å²) < 4.78 is 5.21. The number of furan rings is 1. The van der Waals surface area contributed by atoms with Gasteiger partial charge in [-0.2, -0.15) is 5.21 Å². The first-order valence-corrected chi connectivity index (χ1v) is 3.88. The van der Waals surface area contributed by atoms with Gasteiger partial charge >= 0.3 is 0 Å². The molecule has 13 heavy (non-hydrogen) atoms. The van der Waals surface area contributed by atoms with E-state index in [2.05, 4.69) is 20.6 Å². The van der Waals surface area contributed by atoms with Crippen LogP contribution in [0.2, 0.25) is 0 Å². The fourth-order valence-electron chi connectivity index (χ4n) is 1.16. The molecule has 6 nitrogen and oxygen atoms in total. The summed E-state index contributed by atoms with van der Waals surface area (Å²) in [6, 6.07) is 3.64. The molecule has 0 spiro atoms. The Kier molecular flexibility index (Phi) is 2.05. The van der Waals surface area contributed by atoms with Crippen molar-refractivity contribution in [2.45, 2.75) is 5.92 Å². The van der Waals surface area contributed by atoms with E-state index < -0.39 is 0 Å². The number of aromatic nitrogens is 4. The molecule has 2 heterocycles. The van der Waals surface area contributed by atoms with E-state index in [9.17, 15) is 0 Å². The average molecular weight is 179 g/mol. The summed E-state index contributed by atoms with van der Waals surface area (Å²) in [6.07, 6.45) is 1.60. The van der Waals surface area contributed by atoms with Crippen LogP contribution in [0.4, 0.5) is 0 Å². The number of aromatic amines is 1. The van der Waals surface area contributed by atoms with Crippen LogP contribution in [0.15, 0.2) is 22.8 Å². The molecule has 0 aliphatic rings. The molecule has 2 rings (SSSR count). The third-order valence-corrected chi connectivity index (χ3v) is 1.80. The van der Waals surface area contributed by atoms with Crippen molar-refractivity contribution in [1.82, 2.24) is 20.6 Å². The predicted molar refractivity (Wildman–Crippen MR) is 43.8 cm³/mol. The van der Waals surface area contributed by atoms with Crippen molar-refractivity contribution in [3.8, 4) is 0 Å². The molecule has 2 aromatic heterocycles. The summed E-state index contributed by atoms with van der Waals surface area (Å²) in [7, 11) is 0. The average Bonchev–Trinajstić information content (AvgIpc) is 2.76. The molecule has 0 saturated heterocycles. The summed E-state index contributed by atoms with van der Waals surface area (Å²) in [4.78, 5) is 0. The normalized spacial score (nSPS) is 13.0. The minimum atomic E-state index is -0.117. The lowest BCUT2D eigenvalue weighted by Crippen LogP contribution is -2.14. The van der Waals surface area contributed by atoms with Crippen molar-refractivity contribution in [2.75, 3.05) is 6.54 Å². The monoisotopic (exact) mass is 179 g/mol. The van der Waals surface area contributed by atoms with E-state index in [0.29, 0.717) is 12.4 Å². The van der Waals surface area contributed by atoms with Gasteiger partial charge in [0, 0.05) is 6.54 Å². The molecular formula is C7H9N5O. The molecule has 6 heteroatoms. The van der Waals surface area contributed by atoms with Crippen LogP contribution in [0.1, 0.15) is 17.5 Å². The van der Waals surface area contributed by atoms with E-state index in [-0.39, 0.29) is 5.92 Å². The van der Waals surface area contributed by atoms with Gasteiger partial charge in [-0.15, -0.1) is 10.2 Å². The maximum atomic E-state index is 5.57. The van der Waals surface area contributed by atoms with Gasteiger partial charge in [-0.3, -0.25) is 0 Å². The van der Waals surface area contributed by atoms with E-state index in [4.69, 9.17) is 10.2 Å². The van der Waals surface area contributed by atoms with Gasteiger partial charge in [0.05, 0.1) is 12.2 Å². The zero-order valence-corrected chi connectivity index (χ0v) is 6.84. The first-order valence-electron chi connectivity index (χ1n) is 3.88. The van der Waals surface area contributed by atoms with Crippen molar-refractivity contribution in [3.05, 3.63) is 30.0 Å². The smallest absolute Gasteiger partial charge is 0.186 e. The van der Waals surface area contributed by atoms with Gasteiger partial charge in [-0.25, -0.2) is 0 Å². The molecule has 2 aromatic rings. The van der Waals surface area contributed by atoms with Crippen molar-refractivity contribution >= 4 is 0 Å². The van der Waals surface area contributed by atoms with Gasteiger partial charge in [0.1, 0.15) is 5.76 Å². The number of H-pyrrole nitrogens is 1. The molecule has 1 unspecified atom stereocenters. The highest BCUT2D eigenvalue weighted by atomic mass is 16.3. The minimum Gasteiger partial charge on any atom is -0.469 e. The maximum absolute atomic E-state index is 5.57. The standard InChI is InChI=1S/C7H9N5O/c8-4-5(6-2-1-3-13-6)7-9-11-12-10-7/h1-3,5H,4,8H2,(H,9,10,11,12). The summed E-state index contributed by atoms with van der Waals surface area (Å²) in [5, 5.41) is 13.6. The SMILES string of the molecule is NCC(c1nn[nH]n1)c1ccco1. The van der Waals surface area contributed by atoms with Gasteiger partial charge in [-0.1, -0.05) is 5.21 Å². The van der Waals surface area contributed by atoms with E-state index in [1.165, 1.54) is 0 Å². The molecule has 0 radical (unpaired) electrons. The van der Waals surface area contributed by atoms with Crippen LogP contribution in [-0.4, -0.2) is 27.2 Å². The highest BCUT2D eigenvalue weighted by Gasteiger charge is 2.18. The lowest BCUT2D eigenvalue weighted by Gasteiger charge is -2.05. The van der Waals surface area contributed by atoms with Gasteiger partial charge < -0.3 is 10.2 Å². The van der Waals surface area contributed by atoms with E-state index in [0.717, 1.165) is 5.76 Å². The lowest BCUT2D eigenvalue weighted by atomic mass is 10.1. The number of nitrogens with one attached hydrogen (secondary N) is 1. The maximum Gasteiger partial charge on any atom is 0.186 e. The molecule has 1 atom stereocenters. The third kappa shape index (κ3) is 1.43. The first kappa shape index (κ1) is 7.93. The van der Waals surface area contributed by atoms with Crippen LogP contribution in [0.3, 0.4) is 0 Å². The van der Waals surface area contributed by atoms with E-state index in [1.54, 1.807) is 12.3 Å². The zero-order chi connectivity index (χ0) is 9.10. The molecule has 0 aliphatic heterocycles. The Balaban J connectivity index is 2.29. The van der Waals surface area contributed by atoms with Crippen LogP contribution in [0, 0.1) is 0 Å². The first-order chi connectivity index (χ1) is 6.42.